The molecule has 0 saturated heterocycles. The molecule has 0 bridgehead atoms. The number of nitrogens with two attached hydrogens (primary N) is 1. The van der Waals surface area contributed by atoms with Crippen molar-refractivity contribution in [2.24, 2.45) is 12.8 Å². The minimum atomic E-state index is -0.652. The van der Waals surface area contributed by atoms with Crippen molar-refractivity contribution in [2.75, 3.05) is 6.54 Å². The summed E-state index contributed by atoms with van der Waals surface area (Å²) in [6.07, 6.45) is 4.20. The average molecular weight is 264 g/mol. The summed E-state index contributed by atoms with van der Waals surface area (Å²) in [4.78, 5) is 11.8. The minimum absolute atomic E-state index is 0.168. The molecule has 2 rings (SSSR count). The number of rotatable bonds is 5. The molecule has 1 unspecified atom stereocenters. The fourth-order valence-corrected chi connectivity index (χ4v) is 2.33. The van der Waals surface area contributed by atoms with Crippen molar-refractivity contribution in [3.63, 3.8) is 0 Å². The summed E-state index contributed by atoms with van der Waals surface area (Å²) in [5.41, 5.74) is 7.81. The number of nitrogens with one attached hydrogen (secondary N) is 1. The highest BCUT2D eigenvalue weighted by molar-refractivity contribution is 7.07. The summed E-state index contributed by atoms with van der Waals surface area (Å²) in [7, 11) is 1.80. The summed E-state index contributed by atoms with van der Waals surface area (Å²) in [5.74, 6) is -0.168. The van der Waals surface area contributed by atoms with Crippen LogP contribution < -0.4 is 11.1 Å². The predicted octanol–water partition coefficient (Wildman–Crippen LogP) is 0.840. The molecule has 18 heavy (non-hydrogen) atoms. The average Bonchev–Trinajstić information content (AvgIpc) is 2.99. The fourth-order valence-electron chi connectivity index (χ4n) is 1.63. The molecule has 0 fully saturated rings. The second-order valence-electron chi connectivity index (χ2n) is 4.10. The lowest BCUT2D eigenvalue weighted by atomic mass is 10.1. The molecule has 0 aromatic carbocycles. The van der Waals surface area contributed by atoms with Crippen molar-refractivity contribution in [3.8, 4) is 0 Å². The maximum Gasteiger partial charge on any atom is 0.241 e. The van der Waals surface area contributed by atoms with Crippen LogP contribution >= 0.6 is 11.3 Å². The monoisotopic (exact) mass is 264 g/mol. The summed E-state index contributed by atoms with van der Waals surface area (Å²) >= 11 is 1.66. The molecule has 0 aliphatic rings. The molecule has 3 N–H and O–H groups in total. The predicted molar refractivity (Wildman–Crippen MR) is 71.2 cm³/mol. The lowest BCUT2D eigenvalue weighted by Gasteiger charge is -2.10. The molecule has 0 aliphatic heterocycles. The van der Waals surface area contributed by atoms with Crippen molar-refractivity contribution >= 4 is 17.2 Å². The number of carbonyl (C=O) groups is 1. The van der Waals surface area contributed by atoms with E-state index >= 15 is 0 Å². The summed E-state index contributed by atoms with van der Waals surface area (Å²) in [6, 6.07) is 1.40. The van der Waals surface area contributed by atoms with E-state index in [4.69, 9.17) is 5.73 Å². The van der Waals surface area contributed by atoms with Gasteiger partial charge in [0.15, 0.2) is 0 Å². The van der Waals surface area contributed by atoms with Gasteiger partial charge in [0.1, 0.15) is 6.04 Å². The topological polar surface area (TPSA) is 72.9 Å². The number of hydrogen-bond acceptors (Lipinski definition) is 4. The van der Waals surface area contributed by atoms with E-state index in [0.717, 1.165) is 12.0 Å². The van der Waals surface area contributed by atoms with Gasteiger partial charge in [-0.05, 0) is 28.8 Å². The molecule has 1 amide bonds. The van der Waals surface area contributed by atoms with Gasteiger partial charge < -0.3 is 11.1 Å². The third-order valence-electron chi connectivity index (χ3n) is 2.66. The Morgan fingerprint density at radius 2 is 2.50 bits per heavy atom. The Morgan fingerprint density at radius 3 is 3.11 bits per heavy atom. The van der Waals surface area contributed by atoms with Crippen LogP contribution in [0.3, 0.4) is 0 Å². The van der Waals surface area contributed by atoms with Crippen molar-refractivity contribution in [1.82, 2.24) is 15.1 Å². The van der Waals surface area contributed by atoms with Crippen LogP contribution in [0.15, 0.2) is 29.2 Å². The first-order valence-electron chi connectivity index (χ1n) is 5.69. The van der Waals surface area contributed by atoms with Crippen LogP contribution in [0.1, 0.15) is 17.2 Å². The first-order valence-corrected chi connectivity index (χ1v) is 6.64. The summed E-state index contributed by atoms with van der Waals surface area (Å²) < 4.78 is 1.63. The van der Waals surface area contributed by atoms with Crippen LogP contribution in [0.25, 0.3) is 0 Å². The number of amides is 1. The molecule has 6 heteroatoms. The molecule has 0 radical (unpaired) electrons. The van der Waals surface area contributed by atoms with Crippen LogP contribution in [0.4, 0.5) is 0 Å². The van der Waals surface area contributed by atoms with E-state index < -0.39 is 6.04 Å². The molecule has 0 spiro atoms. The lowest BCUT2D eigenvalue weighted by molar-refractivity contribution is -0.122. The summed E-state index contributed by atoms with van der Waals surface area (Å²) in [6.45, 7) is 0.601. The van der Waals surface area contributed by atoms with E-state index in [9.17, 15) is 4.79 Å². The molecule has 2 aromatic rings. The van der Waals surface area contributed by atoms with E-state index in [2.05, 4.69) is 21.9 Å². The highest BCUT2D eigenvalue weighted by atomic mass is 32.1. The minimum Gasteiger partial charge on any atom is -0.354 e. The summed E-state index contributed by atoms with van der Waals surface area (Å²) in [5, 5.41) is 10.9. The Bertz CT molecular complexity index is 506. The number of carbonyl (C=O) groups excluding carboxylic acids is 1. The Hall–Kier alpha value is -1.66. The zero-order valence-corrected chi connectivity index (χ0v) is 11.0. The number of aryl methyl sites for hydroxylation is 1. The van der Waals surface area contributed by atoms with E-state index in [0.29, 0.717) is 6.54 Å². The van der Waals surface area contributed by atoms with Crippen molar-refractivity contribution < 1.29 is 4.79 Å². The quantitative estimate of drug-likeness (QED) is 0.840. The Balaban J connectivity index is 1.81. The Morgan fingerprint density at radius 1 is 1.67 bits per heavy atom. The van der Waals surface area contributed by atoms with Crippen LogP contribution in [0, 0.1) is 0 Å². The van der Waals surface area contributed by atoms with Crippen LogP contribution in [0.2, 0.25) is 0 Å². The standard InChI is InChI=1S/C12H16N4OS/c1-16-7-10(6-15-16)11(13)12(17)14-4-2-9-3-5-18-8-9/h3,5-8,11H,2,4,13H2,1H3,(H,14,17). The molecular weight excluding hydrogens is 248 g/mol. The number of aromatic nitrogens is 2. The second kappa shape index (κ2) is 5.79. The smallest absolute Gasteiger partial charge is 0.241 e. The van der Waals surface area contributed by atoms with Gasteiger partial charge in [-0.15, -0.1) is 0 Å². The molecule has 0 aliphatic carbocycles. The fraction of sp³-hybridized carbons (Fsp3) is 0.333. The van der Waals surface area contributed by atoms with Gasteiger partial charge in [-0.1, -0.05) is 0 Å². The lowest BCUT2D eigenvalue weighted by Crippen LogP contribution is -2.35. The van der Waals surface area contributed by atoms with Gasteiger partial charge in [-0.2, -0.15) is 16.4 Å². The molecule has 96 valence electrons. The van der Waals surface area contributed by atoms with Gasteiger partial charge in [0.05, 0.1) is 6.20 Å². The van der Waals surface area contributed by atoms with Gasteiger partial charge in [-0.3, -0.25) is 9.48 Å². The maximum atomic E-state index is 11.8. The van der Waals surface area contributed by atoms with E-state index in [-0.39, 0.29) is 5.91 Å². The van der Waals surface area contributed by atoms with E-state index in [1.807, 2.05) is 5.38 Å². The first kappa shape index (κ1) is 12.8. The van der Waals surface area contributed by atoms with Crippen LogP contribution in [0.5, 0.6) is 0 Å². The highest BCUT2D eigenvalue weighted by Gasteiger charge is 2.16. The SMILES string of the molecule is Cn1cc(C(N)C(=O)NCCc2ccsc2)cn1. The van der Waals surface area contributed by atoms with Crippen LogP contribution in [-0.4, -0.2) is 22.2 Å². The third kappa shape index (κ3) is 3.18. The largest absolute Gasteiger partial charge is 0.354 e. The van der Waals surface area contributed by atoms with Crippen molar-refractivity contribution in [1.29, 1.82) is 0 Å². The molecule has 1 atom stereocenters. The van der Waals surface area contributed by atoms with E-state index in [1.54, 1.807) is 35.5 Å². The maximum absolute atomic E-state index is 11.8. The van der Waals surface area contributed by atoms with Crippen LogP contribution in [-0.2, 0) is 18.3 Å². The van der Waals surface area contributed by atoms with Gasteiger partial charge in [0.25, 0.3) is 0 Å². The second-order valence-corrected chi connectivity index (χ2v) is 4.88. The molecule has 2 heterocycles. The van der Waals surface area contributed by atoms with Gasteiger partial charge in [-0.25, -0.2) is 0 Å². The Labute approximate surface area is 110 Å². The molecule has 5 nitrogen and oxygen atoms in total. The van der Waals surface area contributed by atoms with Gasteiger partial charge in [0.2, 0.25) is 5.91 Å². The number of thiophene rings is 1. The van der Waals surface area contributed by atoms with Gasteiger partial charge >= 0.3 is 0 Å². The zero-order chi connectivity index (χ0) is 13.0. The normalized spacial score (nSPS) is 12.3. The van der Waals surface area contributed by atoms with E-state index in [1.165, 1.54) is 5.56 Å². The van der Waals surface area contributed by atoms with Crippen molar-refractivity contribution in [3.05, 3.63) is 40.3 Å². The molecular formula is C12H16N4OS. The number of hydrogen-bond donors (Lipinski definition) is 2. The molecule has 2 aromatic heterocycles. The zero-order valence-electron chi connectivity index (χ0n) is 10.2. The third-order valence-corrected chi connectivity index (χ3v) is 3.39. The highest BCUT2D eigenvalue weighted by Crippen LogP contribution is 2.09. The van der Waals surface area contributed by atoms with Crippen molar-refractivity contribution in [2.45, 2.75) is 12.5 Å². The Kier molecular flexibility index (Phi) is 4.11. The molecule has 0 saturated carbocycles. The first-order chi connectivity index (χ1) is 8.66. The van der Waals surface area contributed by atoms with Gasteiger partial charge in [0, 0.05) is 25.4 Å². The number of nitrogens with zero attached hydrogens (tertiary/aromatic N) is 2.